The standard InChI is InChI=1S/C17H25ClSi/c1-13(2)19(14(3)4,15(5)6)12-11-16-7-9-17(18)10-8-16/h7-10,13-15H,1-6H3. The number of hydrogen-bond acceptors (Lipinski definition) is 0. The van der Waals surface area contributed by atoms with Crippen LogP contribution in [0, 0.1) is 11.5 Å². The van der Waals surface area contributed by atoms with Gasteiger partial charge in [0.05, 0.1) is 0 Å². The summed E-state index contributed by atoms with van der Waals surface area (Å²) in [7, 11) is -1.62. The first-order valence-electron chi connectivity index (χ1n) is 7.09. The Morgan fingerprint density at radius 2 is 1.26 bits per heavy atom. The van der Waals surface area contributed by atoms with Gasteiger partial charge in [-0.1, -0.05) is 59.1 Å². The molecule has 0 aliphatic heterocycles. The zero-order valence-electron chi connectivity index (χ0n) is 12.9. The topological polar surface area (TPSA) is 0 Å². The first-order chi connectivity index (χ1) is 8.80. The van der Waals surface area contributed by atoms with E-state index in [-0.39, 0.29) is 0 Å². The van der Waals surface area contributed by atoms with Crippen LogP contribution in [-0.2, 0) is 0 Å². The van der Waals surface area contributed by atoms with Crippen LogP contribution in [0.4, 0.5) is 0 Å². The second-order valence-corrected chi connectivity index (χ2v) is 12.2. The van der Waals surface area contributed by atoms with Crippen LogP contribution in [0.5, 0.6) is 0 Å². The lowest BCUT2D eigenvalue weighted by Gasteiger charge is -2.38. The molecule has 0 heterocycles. The molecule has 0 nitrogen and oxygen atoms in total. The van der Waals surface area contributed by atoms with Crippen molar-refractivity contribution >= 4 is 19.7 Å². The minimum absolute atomic E-state index is 0.673. The van der Waals surface area contributed by atoms with Crippen LogP contribution in [0.3, 0.4) is 0 Å². The molecule has 19 heavy (non-hydrogen) atoms. The third-order valence-electron chi connectivity index (χ3n) is 4.13. The molecule has 0 N–H and O–H groups in total. The Hall–Kier alpha value is -0.713. The van der Waals surface area contributed by atoms with E-state index in [1.807, 2.05) is 24.3 Å². The summed E-state index contributed by atoms with van der Waals surface area (Å²) >= 11 is 5.91. The largest absolute Gasteiger partial charge is 0.146 e. The van der Waals surface area contributed by atoms with Gasteiger partial charge in [0, 0.05) is 10.6 Å². The Kier molecular flexibility index (Phi) is 5.71. The van der Waals surface area contributed by atoms with Gasteiger partial charge in [0.25, 0.3) is 0 Å². The summed E-state index contributed by atoms with van der Waals surface area (Å²) in [6.07, 6.45) is 0. The Bertz CT molecular complexity index is 439. The van der Waals surface area contributed by atoms with Gasteiger partial charge in [-0.2, -0.15) is 0 Å². The van der Waals surface area contributed by atoms with Crippen molar-refractivity contribution in [3.05, 3.63) is 34.9 Å². The van der Waals surface area contributed by atoms with Crippen molar-refractivity contribution in [2.24, 2.45) is 0 Å². The summed E-state index contributed by atoms with van der Waals surface area (Å²) in [5.41, 5.74) is 6.81. The Morgan fingerprint density at radius 3 is 1.63 bits per heavy atom. The van der Waals surface area contributed by atoms with E-state index in [9.17, 15) is 0 Å². The van der Waals surface area contributed by atoms with E-state index in [2.05, 4.69) is 53.0 Å². The highest BCUT2D eigenvalue weighted by atomic mass is 35.5. The maximum atomic E-state index is 5.91. The molecule has 0 aliphatic carbocycles. The minimum atomic E-state index is -1.62. The zero-order chi connectivity index (χ0) is 14.6. The highest BCUT2D eigenvalue weighted by molar-refractivity contribution is 6.90. The molecule has 1 aromatic rings. The molecule has 104 valence electrons. The smallest absolute Gasteiger partial charge is 0.125 e. The van der Waals surface area contributed by atoms with Crippen LogP contribution in [0.1, 0.15) is 47.1 Å². The molecule has 0 aromatic heterocycles. The number of rotatable bonds is 3. The maximum Gasteiger partial charge on any atom is 0.146 e. The average molecular weight is 293 g/mol. The van der Waals surface area contributed by atoms with Gasteiger partial charge in [0.15, 0.2) is 0 Å². The van der Waals surface area contributed by atoms with Crippen LogP contribution < -0.4 is 0 Å². The first-order valence-corrected chi connectivity index (χ1v) is 9.70. The van der Waals surface area contributed by atoms with Crippen molar-refractivity contribution in [1.82, 2.24) is 0 Å². The number of halogens is 1. The minimum Gasteiger partial charge on any atom is -0.125 e. The van der Waals surface area contributed by atoms with Crippen molar-refractivity contribution in [2.45, 2.75) is 58.2 Å². The summed E-state index contributed by atoms with van der Waals surface area (Å²) < 4.78 is 0. The van der Waals surface area contributed by atoms with E-state index < -0.39 is 8.07 Å². The summed E-state index contributed by atoms with van der Waals surface area (Å²) in [6.45, 7) is 14.0. The molecular weight excluding hydrogens is 268 g/mol. The fourth-order valence-electron chi connectivity index (χ4n) is 3.15. The Labute approximate surface area is 124 Å². The van der Waals surface area contributed by atoms with Crippen molar-refractivity contribution in [2.75, 3.05) is 0 Å². The van der Waals surface area contributed by atoms with Gasteiger partial charge in [-0.3, -0.25) is 0 Å². The third-order valence-corrected chi connectivity index (χ3v) is 10.7. The summed E-state index contributed by atoms with van der Waals surface area (Å²) in [6, 6.07) is 7.84. The SMILES string of the molecule is CC(C)[Si](C#Cc1ccc(Cl)cc1)(C(C)C)C(C)C. The molecule has 1 rings (SSSR count). The Morgan fingerprint density at radius 1 is 0.842 bits per heavy atom. The lowest BCUT2D eigenvalue weighted by molar-refractivity contribution is 0.838. The molecule has 0 fully saturated rings. The van der Waals surface area contributed by atoms with E-state index >= 15 is 0 Å². The monoisotopic (exact) mass is 292 g/mol. The molecule has 0 saturated heterocycles. The fraction of sp³-hybridized carbons (Fsp3) is 0.529. The lowest BCUT2D eigenvalue weighted by Crippen LogP contribution is -2.43. The second kappa shape index (κ2) is 6.64. The fourth-order valence-corrected chi connectivity index (χ4v) is 8.50. The van der Waals surface area contributed by atoms with E-state index in [4.69, 9.17) is 11.6 Å². The van der Waals surface area contributed by atoms with Crippen LogP contribution in [-0.4, -0.2) is 8.07 Å². The normalized spacial score (nSPS) is 11.9. The molecule has 0 amide bonds. The van der Waals surface area contributed by atoms with Crippen LogP contribution in [0.15, 0.2) is 24.3 Å². The van der Waals surface area contributed by atoms with Gasteiger partial charge < -0.3 is 0 Å². The highest BCUT2D eigenvalue weighted by Gasteiger charge is 2.41. The van der Waals surface area contributed by atoms with Gasteiger partial charge in [-0.15, -0.1) is 5.54 Å². The molecule has 2 heteroatoms. The van der Waals surface area contributed by atoms with Crippen LogP contribution in [0.25, 0.3) is 0 Å². The van der Waals surface area contributed by atoms with Crippen molar-refractivity contribution in [1.29, 1.82) is 0 Å². The van der Waals surface area contributed by atoms with Gasteiger partial charge in [-0.25, -0.2) is 0 Å². The number of benzene rings is 1. The summed E-state index contributed by atoms with van der Waals surface area (Å²) in [5.74, 6) is 3.41. The van der Waals surface area contributed by atoms with Crippen LogP contribution in [0.2, 0.25) is 21.6 Å². The van der Waals surface area contributed by atoms with E-state index in [0.717, 1.165) is 10.6 Å². The van der Waals surface area contributed by atoms with E-state index in [1.165, 1.54) is 0 Å². The van der Waals surface area contributed by atoms with Crippen molar-refractivity contribution < 1.29 is 0 Å². The van der Waals surface area contributed by atoms with E-state index in [0.29, 0.717) is 16.6 Å². The molecular formula is C17H25ClSi. The van der Waals surface area contributed by atoms with Crippen molar-refractivity contribution in [3.63, 3.8) is 0 Å². The third kappa shape index (κ3) is 3.65. The van der Waals surface area contributed by atoms with Crippen LogP contribution >= 0.6 is 11.6 Å². The average Bonchev–Trinajstić information content (AvgIpc) is 2.30. The van der Waals surface area contributed by atoms with Gasteiger partial charge in [-0.05, 0) is 40.9 Å². The summed E-state index contributed by atoms with van der Waals surface area (Å²) in [4.78, 5) is 0. The predicted octanol–water partition coefficient (Wildman–Crippen LogP) is 5.91. The van der Waals surface area contributed by atoms with Gasteiger partial charge >= 0.3 is 0 Å². The first kappa shape index (κ1) is 16.3. The molecule has 1 aromatic carbocycles. The maximum absolute atomic E-state index is 5.91. The molecule has 0 radical (unpaired) electrons. The lowest BCUT2D eigenvalue weighted by atomic mass is 10.2. The molecule has 0 aliphatic rings. The van der Waals surface area contributed by atoms with E-state index in [1.54, 1.807) is 0 Å². The second-order valence-electron chi connectivity index (χ2n) is 6.15. The molecule has 0 unspecified atom stereocenters. The van der Waals surface area contributed by atoms with Crippen molar-refractivity contribution in [3.8, 4) is 11.5 Å². The molecule has 0 bridgehead atoms. The highest BCUT2D eigenvalue weighted by Crippen LogP contribution is 2.40. The van der Waals surface area contributed by atoms with Gasteiger partial charge in [0.1, 0.15) is 8.07 Å². The molecule has 0 spiro atoms. The predicted molar refractivity (Wildman–Crippen MR) is 89.4 cm³/mol. The zero-order valence-corrected chi connectivity index (χ0v) is 14.7. The molecule has 0 saturated carbocycles. The molecule has 0 atom stereocenters. The van der Waals surface area contributed by atoms with Gasteiger partial charge in [0.2, 0.25) is 0 Å². The number of hydrogen-bond donors (Lipinski definition) is 0. The quantitative estimate of drug-likeness (QED) is 0.480. The Balaban J connectivity index is 3.19. The summed E-state index contributed by atoms with van der Waals surface area (Å²) in [5, 5.41) is 0.769.